The number of nitrogens with zero attached hydrogens (tertiary/aromatic N) is 4. The largest absolute Gasteiger partial charge is 0.346 e. The first-order valence-corrected chi connectivity index (χ1v) is 6.24. The van der Waals surface area contributed by atoms with E-state index in [-0.39, 0.29) is 0 Å². The van der Waals surface area contributed by atoms with Gasteiger partial charge in [0.05, 0.1) is 11.6 Å². The number of fused-ring (bicyclic) bond motifs is 1. The molecular weight excluding hydrogens is 236 g/mol. The molecule has 4 heteroatoms. The minimum absolute atomic E-state index is 0.704. The third-order valence-corrected chi connectivity index (χ3v) is 3.41. The van der Waals surface area contributed by atoms with Crippen molar-refractivity contribution in [3.63, 3.8) is 0 Å². The van der Waals surface area contributed by atoms with Crippen LogP contribution in [-0.2, 0) is 13.1 Å². The average Bonchev–Trinajstić information content (AvgIpc) is 3.02. The Morgan fingerprint density at radius 1 is 1.16 bits per heavy atom. The number of aromatic nitrogens is 3. The minimum atomic E-state index is 0.704. The van der Waals surface area contributed by atoms with Gasteiger partial charge in [-0.15, -0.1) is 0 Å². The number of rotatable bonds is 3. The van der Waals surface area contributed by atoms with Gasteiger partial charge in [-0.3, -0.25) is 0 Å². The fourth-order valence-electron chi connectivity index (χ4n) is 2.32. The first-order chi connectivity index (χ1) is 9.28. The van der Waals surface area contributed by atoms with Gasteiger partial charge in [0.2, 0.25) is 0 Å². The highest BCUT2D eigenvalue weighted by molar-refractivity contribution is 5.81. The van der Waals surface area contributed by atoms with E-state index in [1.807, 2.05) is 37.5 Å². The van der Waals surface area contributed by atoms with Crippen LogP contribution in [0.5, 0.6) is 0 Å². The lowest BCUT2D eigenvalue weighted by molar-refractivity contribution is 0.580. The molecule has 0 radical (unpaired) electrons. The molecule has 0 bridgehead atoms. The molecule has 0 aliphatic carbocycles. The molecule has 94 valence electrons. The van der Waals surface area contributed by atoms with Gasteiger partial charge in [0.15, 0.2) is 0 Å². The monoisotopic (exact) mass is 250 g/mol. The van der Waals surface area contributed by atoms with Crippen molar-refractivity contribution in [1.29, 1.82) is 5.26 Å². The number of imidazole rings is 1. The average molecular weight is 250 g/mol. The van der Waals surface area contributed by atoms with Crippen molar-refractivity contribution in [3.05, 3.63) is 54.2 Å². The first-order valence-electron chi connectivity index (χ1n) is 6.24. The second-order valence-electron chi connectivity index (χ2n) is 4.56. The zero-order valence-corrected chi connectivity index (χ0v) is 10.7. The van der Waals surface area contributed by atoms with E-state index < -0.39 is 0 Å². The van der Waals surface area contributed by atoms with Crippen LogP contribution in [0.15, 0.2) is 42.9 Å². The molecule has 1 aromatic carbocycles. The molecular formula is C15H14N4. The van der Waals surface area contributed by atoms with Crippen LogP contribution in [0.25, 0.3) is 10.9 Å². The number of aryl methyl sites for hydroxylation is 3. The molecule has 0 N–H and O–H groups in total. The summed E-state index contributed by atoms with van der Waals surface area (Å²) in [4.78, 5) is 4.22. The Morgan fingerprint density at radius 3 is 2.74 bits per heavy atom. The highest BCUT2D eigenvalue weighted by Crippen LogP contribution is 2.17. The predicted octanol–water partition coefficient (Wildman–Crippen LogP) is 2.72. The molecule has 0 saturated carbocycles. The maximum absolute atomic E-state index is 8.90. The highest BCUT2D eigenvalue weighted by Gasteiger charge is 2.03. The summed E-state index contributed by atoms with van der Waals surface area (Å²) in [6.07, 6.45) is 5.88. The Morgan fingerprint density at radius 2 is 2.00 bits per heavy atom. The summed E-state index contributed by atoms with van der Waals surface area (Å²) in [5.41, 5.74) is 1.87. The van der Waals surface area contributed by atoms with E-state index in [0.29, 0.717) is 5.56 Å². The van der Waals surface area contributed by atoms with Crippen LogP contribution in [-0.4, -0.2) is 14.1 Å². The van der Waals surface area contributed by atoms with E-state index in [1.165, 1.54) is 0 Å². The summed E-state index contributed by atoms with van der Waals surface area (Å²) in [5, 5.41) is 10.0. The second kappa shape index (κ2) is 4.62. The molecule has 0 amide bonds. The van der Waals surface area contributed by atoms with E-state index in [9.17, 15) is 0 Å². The van der Waals surface area contributed by atoms with Crippen molar-refractivity contribution in [2.45, 2.75) is 20.0 Å². The molecule has 2 aromatic heterocycles. The Bertz CT molecular complexity index is 758. The number of hydrogen-bond acceptors (Lipinski definition) is 2. The fourth-order valence-corrected chi connectivity index (χ4v) is 2.32. The van der Waals surface area contributed by atoms with Crippen LogP contribution in [0, 0.1) is 18.3 Å². The van der Waals surface area contributed by atoms with Crippen LogP contribution in [0.2, 0.25) is 0 Å². The lowest BCUT2D eigenvalue weighted by atomic mass is 10.2. The van der Waals surface area contributed by atoms with E-state index in [4.69, 9.17) is 5.26 Å². The first kappa shape index (κ1) is 11.5. The maximum Gasteiger partial charge on any atom is 0.105 e. The van der Waals surface area contributed by atoms with Crippen molar-refractivity contribution < 1.29 is 0 Å². The van der Waals surface area contributed by atoms with E-state index in [2.05, 4.69) is 32.5 Å². The fraction of sp³-hybridized carbons (Fsp3) is 0.200. The molecule has 0 aliphatic heterocycles. The predicted molar refractivity (Wildman–Crippen MR) is 73.6 cm³/mol. The molecule has 4 nitrogen and oxygen atoms in total. The summed E-state index contributed by atoms with van der Waals surface area (Å²) >= 11 is 0. The van der Waals surface area contributed by atoms with Crippen molar-refractivity contribution in [3.8, 4) is 6.07 Å². The molecule has 0 fully saturated rings. The molecule has 0 atom stereocenters. The Labute approximate surface area is 111 Å². The number of benzene rings is 1. The summed E-state index contributed by atoms with van der Waals surface area (Å²) in [5.74, 6) is 1.03. The molecule has 0 saturated heterocycles. The van der Waals surface area contributed by atoms with Gasteiger partial charge in [0.1, 0.15) is 5.82 Å². The standard InChI is InChI=1S/C15H14N4/c1-12-17-5-7-18(12)8-9-19-6-4-14-10-13(11-16)2-3-15(14)19/h2-7,10H,8-9H2,1H3. The van der Waals surface area contributed by atoms with Gasteiger partial charge in [-0.05, 0) is 31.2 Å². The van der Waals surface area contributed by atoms with Gasteiger partial charge in [0.25, 0.3) is 0 Å². The maximum atomic E-state index is 8.90. The second-order valence-corrected chi connectivity index (χ2v) is 4.56. The normalized spacial score (nSPS) is 10.7. The molecule has 3 aromatic rings. The van der Waals surface area contributed by atoms with Gasteiger partial charge in [0, 0.05) is 42.6 Å². The Hall–Kier alpha value is -2.54. The summed E-state index contributed by atoms with van der Waals surface area (Å²) in [7, 11) is 0. The molecule has 2 heterocycles. The highest BCUT2D eigenvalue weighted by atomic mass is 15.1. The van der Waals surface area contributed by atoms with Crippen LogP contribution >= 0.6 is 0 Å². The van der Waals surface area contributed by atoms with Crippen molar-refractivity contribution in [1.82, 2.24) is 14.1 Å². The van der Waals surface area contributed by atoms with E-state index in [0.717, 1.165) is 29.8 Å². The lowest BCUT2D eigenvalue weighted by Gasteiger charge is -2.08. The summed E-state index contributed by atoms with van der Waals surface area (Å²) in [6.45, 7) is 3.80. The lowest BCUT2D eigenvalue weighted by Crippen LogP contribution is -2.07. The van der Waals surface area contributed by atoms with Crippen molar-refractivity contribution in [2.75, 3.05) is 0 Å². The van der Waals surface area contributed by atoms with Crippen LogP contribution < -0.4 is 0 Å². The zero-order chi connectivity index (χ0) is 13.2. The van der Waals surface area contributed by atoms with Crippen molar-refractivity contribution in [2.24, 2.45) is 0 Å². The van der Waals surface area contributed by atoms with Crippen LogP contribution in [0.3, 0.4) is 0 Å². The van der Waals surface area contributed by atoms with Gasteiger partial charge >= 0.3 is 0 Å². The van der Waals surface area contributed by atoms with Crippen LogP contribution in [0.4, 0.5) is 0 Å². The molecule has 0 spiro atoms. The van der Waals surface area contributed by atoms with E-state index >= 15 is 0 Å². The van der Waals surface area contributed by atoms with E-state index in [1.54, 1.807) is 0 Å². The third kappa shape index (κ3) is 2.11. The Balaban J connectivity index is 1.86. The molecule has 0 aliphatic rings. The zero-order valence-electron chi connectivity index (χ0n) is 10.7. The topological polar surface area (TPSA) is 46.5 Å². The number of hydrogen-bond donors (Lipinski definition) is 0. The van der Waals surface area contributed by atoms with Crippen molar-refractivity contribution >= 4 is 10.9 Å². The summed E-state index contributed by atoms with van der Waals surface area (Å²) < 4.78 is 4.34. The van der Waals surface area contributed by atoms with Gasteiger partial charge < -0.3 is 9.13 Å². The van der Waals surface area contributed by atoms with Gasteiger partial charge in [-0.1, -0.05) is 0 Å². The summed E-state index contributed by atoms with van der Waals surface area (Å²) in [6, 6.07) is 10.0. The van der Waals surface area contributed by atoms with Gasteiger partial charge in [-0.25, -0.2) is 4.98 Å². The smallest absolute Gasteiger partial charge is 0.105 e. The Kier molecular flexibility index (Phi) is 2.81. The van der Waals surface area contributed by atoms with Crippen LogP contribution in [0.1, 0.15) is 11.4 Å². The molecule has 3 rings (SSSR count). The SMILES string of the molecule is Cc1nccn1CCn1ccc2cc(C#N)ccc21. The molecule has 0 unspecified atom stereocenters. The quantitative estimate of drug-likeness (QED) is 0.717. The number of nitriles is 1. The minimum Gasteiger partial charge on any atom is -0.346 e. The third-order valence-electron chi connectivity index (χ3n) is 3.41. The molecule has 19 heavy (non-hydrogen) atoms. The van der Waals surface area contributed by atoms with Gasteiger partial charge in [-0.2, -0.15) is 5.26 Å².